The Labute approximate surface area is 154 Å². The summed E-state index contributed by atoms with van der Waals surface area (Å²) in [5.74, 6) is 0.262. The van der Waals surface area contributed by atoms with Crippen LogP contribution in [-0.4, -0.2) is 36.5 Å². The number of rotatable bonds is 6. The molecule has 9 heteroatoms. The van der Waals surface area contributed by atoms with Gasteiger partial charge >= 0.3 is 5.69 Å². The van der Waals surface area contributed by atoms with Crippen molar-refractivity contribution in [1.29, 1.82) is 0 Å². The lowest BCUT2D eigenvalue weighted by Gasteiger charge is -2.06. The van der Waals surface area contributed by atoms with Crippen LogP contribution >= 0.6 is 0 Å². The molecule has 2 aromatic heterocycles. The molecule has 0 spiro atoms. The fourth-order valence-corrected chi connectivity index (χ4v) is 2.59. The Morgan fingerprint density at radius 3 is 2.78 bits per heavy atom. The Kier molecular flexibility index (Phi) is 5.32. The second-order valence-corrected chi connectivity index (χ2v) is 5.91. The van der Waals surface area contributed by atoms with Crippen LogP contribution in [0.3, 0.4) is 0 Å². The maximum absolute atomic E-state index is 12.2. The number of hydrogen-bond donors (Lipinski definition) is 3. The molecular formula is C18H20N6O3. The number of aliphatic hydroxyl groups is 1. The van der Waals surface area contributed by atoms with Crippen molar-refractivity contribution in [3.8, 4) is 0 Å². The zero-order valence-electron chi connectivity index (χ0n) is 15.0. The second-order valence-electron chi connectivity index (χ2n) is 5.91. The maximum atomic E-state index is 12.2. The average molecular weight is 368 g/mol. The van der Waals surface area contributed by atoms with Crippen molar-refractivity contribution >= 4 is 28.9 Å². The molecule has 3 N–H and O–H groups in total. The van der Waals surface area contributed by atoms with Gasteiger partial charge in [0.1, 0.15) is 0 Å². The van der Waals surface area contributed by atoms with E-state index in [1.165, 1.54) is 16.2 Å². The van der Waals surface area contributed by atoms with E-state index in [4.69, 9.17) is 0 Å². The van der Waals surface area contributed by atoms with Crippen LogP contribution in [0.1, 0.15) is 12.5 Å². The second kappa shape index (κ2) is 7.83. The molecule has 0 aliphatic heterocycles. The number of H-pyrrole nitrogens is 1. The van der Waals surface area contributed by atoms with Crippen LogP contribution in [0.4, 0.5) is 5.95 Å². The van der Waals surface area contributed by atoms with E-state index < -0.39 is 11.2 Å². The molecule has 0 saturated carbocycles. The third-order valence-corrected chi connectivity index (χ3v) is 3.98. The van der Waals surface area contributed by atoms with Crippen LogP contribution in [0, 0.1) is 0 Å². The third kappa shape index (κ3) is 3.87. The van der Waals surface area contributed by atoms with E-state index in [9.17, 15) is 14.7 Å². The van der Waals surface area contributed by atoms with Crippen molar-refractivity contribution in [3.63, 3.8) is 0 Å². The zero-order chi connectivity index (χ0) is 19.4. The number of aromatic nitrogens is 4. The summed E-state index contributed by atoms with van der Waals surface area (Å²) in [6.45, 7) is 1.75. The Morgan fingerprint density at radius 2 is 2.07 bits per heavy atom. The number of aliphatic hydroxyl groups excluding tert-OH is 1. The first kappa shape index (κ1) is 18.3. The van der Waals surface area contributed by atoms with Gasteiger partial charge < -0.3 is 9.67 Å². The quantitative estimate of drug-likeness (QED) is 0.442. The van der Waals surface area contributed by atoms with Crippen LogP contribution in [0.25, 0.3) is 17.2 Å². The van der Waals surface area contributed by atoms with E-state index in [1.807, 2.05) is 49.4 Å². The maximum Gasteiger partial charge on any atom is 0.329 e. The molecule has 3 rings (SSSR count). The van der Waals surface area contributed by atoms with Gasteiger partial charge in [-0.25, -0.2) is 10.2 Å². The van der Waals surface area contributed by atoms with Crippen molar-refractivity contribution in [2.75, 3.05) is 12.0 Å². The van der Waals surface area contributed by atoms with Gasteiger partial charge in [0.05, 0.1) is 12.3 Å². The molecule has 3 aromatic rings. The smallest absolute Gasteiger partial charge is 0.329 e. The first-order valence-corrected chi connectivity index (χ1v) is 8.35. The largest absolute Gasteiger partial charge is 0.395 e. The van der Waals surface area contributed by atoms with Crippen LogP contribution in [0.5, 0.6) is 0 Å². The van der Waals surface area contributed by atoms with Crippen LogP contribution < -0.4 is 16.7 Å². The normalized spacial score (nSPS) is 12.2. The van der Waals surface area contributed by atoms with Gasteiger partial charge in [0.2, 0.25) is 5.95 Å². The van der Waals surface area contributed by atoms with E-state index in [-0.39, 0.29) is 30.3 Å². The molecule has 140 valence electrons. The van der Waals surface area contributed by atoms with Gasteiger partial charge in [0.25, 0.3) is 5.56 Å². The molecule has 0 saturated heterocycles. The minimum atomic E-state index is -0.563. The van der Waals surface area contributed by atoms with E-state index in [1.54, 1.807) is 0 Å². The highest BCUT2D eigenvalue weighted by Crippen LogP contribution is 2.15. The summed E-state index contributed by atoms with van der Waals surface area (Å²) in [7, 11) is 1.51. The molecule has 1 aromatic carbocycles. The fourth-order valence-electron chi connectivity index (χ4n) is 2.59. The standard InChI is InChI=1S/C18H20N6O3/c1-12(8-9-13-6-4-3-5-7-13)21-22-17-19-15-14(24(17)10-11-25)16(26)20-18(27)23(15)2/h3-9,25H,10-11H2,1-2H3,(H,19,22)(H,20,26,27)/b9-8+,21-12-. The molecule has 0 aliphatic carbocycles. The molecule has 0 atom stereocenters. The summed E-state index contributed by atoms with van der Waals surface area (Å²) in [4.78, 5) is 30.5. The van der Waals surface area contributed by atoms with Crippen molar-refractivity contribution in [1.82, 2.24) is 19.1 Å². The zero-order valence-corrected chi connectivity index (χ0v) is 15.0. The molecular weight excluding hydrogens is 348 g/mol. The van der Waals surface area contributed by atoms with Gasteiger partial charge in [-0.2, -0.15) is 10.1 Å². The van der Waals surface area contributed by atoms with Gasteiger partial charge in [0.15, 0.2) is 11.2 Å². The number of imidazole rings is 1. The highest BCUT2D eigenvalue weighted by atomic mass is 16.3. The van der Waals surface area contributed by atoms with E-state index >= 15 is 0 Å². The number of hydrogen-bond acceptors (Lipinski definition) is 6. The van der Waals surface area contributed by atoms with Crippen molar-refractivity contribution < 1.29 is 5.11 Å². The summed E-state index contributed by atoms with van der Waals surface area (Å²) in [5, 5.41) is 13.6. The van der Waals surface area contributed by atoms with Crippen LogP contribution in [0.2, 0.25) is 0 Å². The highest BCUT2D eigenvalue weighted by Gasteiger charge is 2.16. The molecule has 2 heterocycles. The minimum Gasteiger partial charge on any atom is -0.395 e. The molecule has 0 aliphatic rings. The van der Waals surface area contributed by atoms with Crippen LogP contribution in [0.15, 0.2) is 51.1 Å². The van der Waals surface area contributed by atoms with Gasteiger partial charge in [-0.3, -0.25) is 14.3 Å². The number of fused-ring (bicyclic) bond motifs is 1. The molecule has 0 unspecified atom stereocenters. The molecule has 0 amide bonds. The van der Waals surface area contributed by atoms with Gasteiger partial charge in [0, 0.05) is 13.6 Å². The topological polar surface area (TPSA) is 117 Å². The summed E-state index contributed by atoms with van der Waals surface area (Å²) in [6, 6.07) is 9.79. The highest BCUT2D eigenvalue weighted by molar-refractivity contribution is 5.96. The van der Waals surface area contributed by atoms with Crippen LogP contribution in [-0.2, 0) is 13.6 Å². The Balaban J connectivity index is 1.94. The summed E-state index contributed by atoms with van der Waals surface area (Å²) in [6.07, 6.45) is 3.76. The fraction of sp³-hybridized carbons (Fsp3) is 0.222. The number of allylic oxidation sites excluding steroid dienone is 1. The molecule has 27 heavy (non-hydrogen) atoms. The lowest BCUT2D eigenvalue weighted by atomic mass is 10.2. The van der Waals surface area contributed by atoms with Crippen molar-refractivity contribution in [2.45, 2.75) is 13.5 Å². The lowest BCUT2D eigenvalue weighted by molar-refractivity contribution is 0.278. The van der Waals surface area contributed by atoms with E-state index in [0.717, 1.165) is 5.56 Å². The SMILES string of the molecule is CC(/C=C/c1ccccc1)=N/Nc1nc2c(c(=O)[nH]c(=O)n2C)n1CCO. The number of benzene rings is 1. The van der Waals surface area contributed by atoms with Crippen molar-refractivity contribution in [2.24, 2.45) is 12.1 Å². The molecule has 0 radical (unpaired) electrons. The van der Waals surface area contributed by atoms with Gasteiger partial charge in [-0.05, 0) is 18.6 Å². The van der Waals surface area contributed by atoms with Gasteiger partial charge in [-0.15, -0.1) is 0 Å². The van der Waals surface area contributed by atoms with E-state index in [0.29, 0.717) is 5.71 Å². The first-order chi connectivity index (χ1) is 13.0. The Bertz CT molecular complexity index is 1120. The monoisotopic (exact) mass is 368 g/mol. The number of aromatic amines is 1. The molecule has 9 nitrogen and oxygen atoms in total. The summed E-state index contributed by atoms with van der Waals surface area (Å²) < 4.78 is 2.73. The number of nitrogens with zero attached hydrogens (tertiary/aromatic N) is 4. The number of hydrazone groups is 1. The predicted octanol–water partition coefficient (Wildman–Crippen LogP) is 0.917. The number of anilines is 1. The number of nitrogens with one attached hydrogen (secondary N) is 2. The first-order valence-electron chi connectivity index (χ1n) is 8.35. The average Bonchev–Trinajstić information content (AvgIpc) is 3.03. The van der Waals surface area contributed by atoms with Gasteiger partial charge in [-0.1, -0.05) is 36.4 Å². The summed E-state index contributed by atoms with van der Waals surface area (Å²) >= 11 is 0. The number of aryl methyl sites for hydroxylation is 1. The Morgan fingerprint density at radius 1 is 1.33 bits per heavy atom. The van der Waals surface area contributed by atoms with E-state index in [2.05, 4.69) is 20.5 Å². The Hall–Kier alpha value is -3.46. The third-order valence-electron chi connectivity index (χ3n) is 3.98. The lowest BCUT2D eigenvalue weighted by Crippen LogP contribution is -2.29. The minimum absolute atomic E-state index is 0.133. The molecule has 0 fully saturated rings. The summed E-state index contributed by atoms with van der Waals surface area (Å²) in [5.41, 5.74) is 3.82. The molecule has 0 bridgehead atoms. The predicted molar refractivity (Wildman–Crippen MR) is 105 cm³/mol. The van der Waals surface area contributed by atoms with Crippen molar-refractivity contribution in [3.05, 3.63) is 62.8 Å².